The van der Waals surface area contributed by atoms with E-state index in [1.165, 1.54) is 0 Å². The average Bonchev–Trinajstić information content (AvgIpc) is 3.05. The maximum absolute atomic E-state index is 12.7. The van der Waals surface area contributed by atoms with Crippen molar-refractivity contribution < 1.29 is 19.0 Å². The van der Waals surface area contributed by atoms with Crippen LogP contribution < -0.4 is 9.64 Å². The van der Waals surface area contributed by atoms with Gasteiger partial charge < -0.3 is 19.1 Å². The van der Waals surface area contributed by atoms with E-state index in [0.717, 1.165) is 5.39 Å². The molecule has 1 atom stereocenters. The van der Waals surface area contributed by atoms with Crippen molar-refractivity contribution >= 4 is 34.4 Å². The van der Waals surface area contributed by atoms with Crippen LogP contribution in [-0.4, -0.2) is 78.0 Å². The van der Waals surface area contributed by atoms with Gasteiger partial charge in [-0.25, -0.2) is 9.78 Å². The first-order chi connectivity index (χ1) is 23.1. The Morgan fingerprint density at radius 3 is 1.96 bits per heavy atom. The molecule has 1 fully saturated rings. The number of piperazine rings is 1. The summed E-state index contributed by atoms with van der Waals surface area (Å²) in [5.41, 5.74) is 0.0278. The number of carbonyl (C=O) groups excluding carboxylic acids is 1. The molecule has 2 aromatic heterocycles. The first kappa shape index (κ1) is 37.8. The fourth-order valence-electron chi connectivity index (χ4n) is 3.84. The smallest absolute Gasteiger partial charge is 0.410 e. The van der Waals surface area contributed by atoms with Crippen molar-refractivity contribution in [3.63, 3.8) is 0 Å². The van der Waals surface area contributed by atoms with Crippen molar-refractivity contribution in [3.05, 3.63) is 17.7 Å². The summed E-state index contributed by atoms with van der Waals surface area (Å²) in [4.78, 5) is 29.3. The van der Waals surface area contributed by atoms with Crippen molar-refractivity contribution in [2.75, 3.05) is 45.4 Å². The Bertz CT molecular complexity index is 2060. The van der Waals surface area contributed by atoms with E-state index in [4.69, 9.17) is 32.2 Å². The molecule has 238 valence electrons. The van der Waals surface area contributed by atoms with Crippen LogP contribution in [0.4, 0.5) is 10.6 Å². The van der Waals surface area contributed by atoms with Crippen LogP contribution in [0.5, 0.6) is 5.75 Å². The van der Waals surface area contributed by atoms with Gasteiger partial charge in [-0.3, -0.25) is 9.88 Å². The minimum Gasteiger partial charge on any atom is -0.494 e. The summed E-state index contributed by atoms with van der Waals surface area (Å²) in [6, 6.07) is -0.208. The van der Waals surface area contributed by atoms with E-state index in [-0.39, 0.29) is 17.4 Å². The number of fused-ring (bicyclic) bond motifs is 1. The summed E-state index contributed by atoms with van der Waals surface area (Å²) in [6.07, 6.45) is 7.78. The molecule has 1 aliphatic rings. The van der Waals surface area contributed by atoms with E-state index in [1.54, 1.807) is 38.4 Å². The van der Waals surface area contributed by atoms with E-state index in [2.05, 4.69) is 120 Å². The quantitative estimate of drug-likeness (QED) is 0.366. The van der Waals surface area contributed by atoms with Gasteiger partial charge in [0.25, 0.3) is 0 Å². The Kier molecular flexibility index (Phi) is 16.3. The molecule has 3 heterocycles. The third kappa shape index (κ3) is 13.3. The zero-order valence-electron chi connectivity index (χ0n) is 27.4. The van der Waals surface area contributed by atoms with Crippen molar-refractivity contribution in [1.29, 1.82) is 0 Å². The highest BCUT2D eigenvalue weighted by molar-refractivity contribution is 6.29. The number of aromatic nitrogens is 3. The molecule has 10 heteroatoms. The number of hydrogen-bond donors (Lipinski definition) is 0. The number of carbonyl (C=O) groups is 1. The van der Waals surface area contributed by atoms with Crippen LogP contribution >= 0.6 is 11.6 Å². The molecule has 0 saturated carbocycles. The average molecular weight is 656 g/mol. The van der Waals surface area contributed by atoms with Gasteiger partial charge in [-0.05, 0) is 134 Å². The third-order valence-corrected chi connectivity index (χ3v) is 5.76. The number of halogens is 1. The van der Waals surface area contributed by atoms with Crippen LogP contribution in [-0.2, 0) is 9.47 Å². The van der Waals surface area contributed by atoms with Gasteiger partial charge in [-0.15, -0.1) is 6.42 Å². The molecule has 2 aromatic rings. The second kappa shape index (κ2) is 20.6. The van der Waals surface area contributed by atoms with E-state index in [1.807, 2.05) is 20.8 Å². The van der Waals surface area contributed by atoms with Crippen molar-refractivity contribution in [2.45, 2.75) is 39.3 Å². The van der Waals surface area contributed by atoms with Gasteiger partial charge in [0.2, 0.25) is 5.28 Å². The van der Waals surface area contributed by atoms with Gasteiger partial charge in [-0.1, -0.05) is 5.92 Å². The summed E-state index contributed by atoms with van der Waals surface area (Å²) < 4.78 is 16.4. The van der Waals surface area contributed by atoms with Crippen LogP contribution in [0.1, 0.15) is 27.7 Å². The molecule has 48 heavy (non-hydrogen) atoms. The summed E-state index contributed by atoms with van der Waals surface area (Å²) >= 11 is 6.16. The maximum atomic E-state index is 12.7. The first-order valence-electron chi connectivity index (χ1n) is 14.1. The van der Waals surface area contributed by atoms with E-state index in [0.29, 0.717) is 43.3 Å². The SMILES string of the molecule is C#CC#CC#CC#CC#CC#CC#CC#CC#CC.COC[C@H]1CN(c2nc(Cl)nc3cncc(OC)c23)CCN1C(=O)OC(C)(C)C. The number of nitrogens with zero attached hydrogens (tertiary/aromatic N) is 5. The Labute approximate surface area is 287 Å². The Morgan fingerprint density at radius 2 is 1.46 bits per heavy atom. The van der Waals surface area contributed by atoms with Gasteiger partial charge in [0.1, 0.15) is 17.2 Å². The second-order valence-corrected chi connectivity index (χ2v) is 10.4. The molecule has 1 aliphatic heterocycles. The van der Waals surface area contributed by atoms with E-state index in [9.17, 15) is 4.79 Å². The highest BCUT2D eigenvalue weighted by Gasteiger charge is 2.35. The van der Waals surface area contributed by atoms with Gasteiger partial charge in [0.15, 0.2) is 0 Å². The largest absolute Gasteiger partial charge is 0.494 e. The Balaban J connectivity index is 0.000000368. The predicted octanol–water partition coefficient (Wildman–Crippen LogP) is 3.43. The number of ether oxygens (including phenoxy) is 3. The minimum atomic E-state index is -0.567. The first-order valence-corrected chi connectivity index (χ1v) is 14.5. The summed E-state index contributed by atoms with van der Waals surface area (Å²) in [5, 5.41) is 0.856. The summed E-state index contributed by atoms with van der Waals surface area (Å²) in [7, 11) is 3.18. The molecule has 0 spiro atoms. The molecule has 3 rings (SSSR count). The van der Waals surface area contributed by atoms with Crippen molar-refractivity contribution in [2.24, 2.45) is 0 Å². The molecule has 1 saturated heterocycles. The van der Waals surface area contributed by atoms with Crippen molar-refractivity contribution in [1.82, 2.24) is 19.9 Å². The molecule has 1 amide bonds. The van der Waals surface area contributed by atoms with Crippen LogP contribution in [0.15, 0.2) is 12.4 Å². The fourth-order valence-corrected chi connectivity index (χ4v) is 4.01. The van der Waals surface area contributed by atoms with Crippen LogP contribution in [0.3, 0.4) is 0 Å². The number of anilines is 1. The monoisotopic (exact) mass is 655 g/mol. The highest BCUT2D eigenvalue weighted by Crippen LogP contribution is 2.33. The Morgan fingerprint density at radius 1 is 0.896 bits per heavy atom. The van der Waals surface area contributed by atoms with Crippen molar-refractivity contribution in [3.8, 4) is 113 Å². The number of amides is 1. The summed E-state index contributed by atoms with van der Waals surface area (Å²) in [6.45, 7) is 9.12. The zero-order valence-corrected chi connectivity index (χ0v) is 28.1. The van der Waals surface area contributed by atoms with E-state index >= 15 is 0 Å². The molecule has 0 unspecified atom stereocenters. The topological polar surface area (TPSA) is 89.9 Å². The molecule has 0 radical (unpaired) electrons. The lowest BCUT2D eigenvalue weighted by Gasteiger charge is -2.42. The number of pyridine rings is 1. The van der Waals surface area contributed by atoms with Crippen LogP contribution in [0, 0.1) is 107 Å². The summed E-state index contributed by atoms with van der Waals surface area (Å²) in [5.74, 6) is 43.1. The standard InChI is InChI=1S/C19H26ClN5O4.C19H4/c1-19(2,3)29-18(26)25-7-6-24(10-12(25)11-27-4)16-15-13(22-17(20)23-16)8-21-9-14(15)28-5;1-3-5-7-9-11-13-15-17-19-18-16-14-12-10-8-6-4-2/h8-9,12H,6-7,10-11H2,1-5H3;1H,2H3/t12-;/m1./s1. The molecule has 0 N–H and O–H groups in total. The van der Waals surface area contributed by atoms with Crippen LogP contribution in [0.25, 0.3) is 10.9 Å². The third-order valence-electron chi connectivity index (χ3n) is 5.59. The predicted molar refractivity (Wildman–Crippen MR) is 186 cm³/mol. The molecule has 0 aromatic carbocycles. The minimum absolute atomic E-state index is 0.125. The van der Waals surface area contributed by atoms with Gasteiger partial charge in [-0.2, -0.15) is 4.98 Å². The number of hydrogen-bond acceptors (Lipinski definition) is 8. The second-order valence-electron chi connectivity index (χ2n) is 10.1. The lowest BCUT2D eigenvalue weighted by molar-refractivity contribution is 0.00339. The fraction of sp³-hybridized carbons (Fsp3) is 0.316. The molecule has 0 aliphatic carbocycles. The molecule has 0 bridgehead atoms. The Hall–Kier alpha value is -6.35. The maximum Gasteiger partial charge on any atom is 0.410 e. The highest BCUT2D eigenvalue weighted by atomic mass is 35.5. The number of terminal acetylenes is 1. The zero-order chi connectivity index (χ0) is 35.2. The molecular weight excluding hydrogens is 626 g/mol. The van der Waals surface area contributed by atoms with Gasteiger partial charge in [0, 0.05) is 26.7 Å². The molecular formula is C38H30ClN5O4. The molecule has 9 nitrogen and oxygen atoms in total. The van der Waals surface area contributed by atoms with E-state index < -0.39 is 5.60 Å². The lowest BCUT2D eigenvalue weighted by Crippen LogP contribution is -2.58. The van der Waals surface area contributed by atoms with Crippen LogP contribution in [0.2, 0.25) is 5.28 Å². The number of methoxy groups -OCH3 is 2. The number of rotatable bonds is 4. The van der Waals surface area contributed by atoms with Gasteiger partial charge >= 0.3 is 6.09 Å². The normalized spacial score (nSPS) is 12.1. The van der Waals surface area contributed by atoms with Gasteiger partial charge in [0.05, 0.1) is 43.1 Å². The lowest BCUT2D eigenvalue weighted by atomic mass is 10.1.